The van der Waals surface area contributed by atoms with E-state index in [-0.39, 0.29) is 11.5 Å². The van der Waals surface area contributed by atoms with Crippen molar-refractivity contribution in [1.82, 2.24) is 0 Å². The van der Waals surface area contributed by atoms with E-state index in [0.29, 0.717) is 29.2 Å². The van der Waals surface area contributed by atoms with Crippen LogP contribution in [-0.4, -0.2) is 31.3 Å². The van der Waals surface area contributed by atoms with E-state index in [4.69, 9.17) is 16.3 Å². The van der Waals surface area contributed by atoms with Crippen molar-refractivity contribution in [1.29, 1.82) is 0 Å². The van der Waals surface area contributed by atoms with E-state index in [1.54, 1.807) is 6.07 Å². The number of carbonyl (C=O) groups excluding carboxylic acids is 3. The number of nitrogens with zero attached hydrogens (tertiary/aromatic N) is 1. The van der Waals surface area contributed by atoms with Crippen LogP contribution in [-0.2, 0) is 14.3 Å². The zero-order valence-electron chi connectivity index (χ0n) is 10.1. The number of esters is 1. The number of benzene rings is 1. The molecule has 0 N–H and O–H groups in total. The number of carbonyl (C=O) groups is 3. The molecular formula is C13H10ClNO4. The number of methoxy groups -OCH3 is 1. The fourth-order valence-electron chi connectivity index (χ4n) is 2.71. The van der Waals surface area contributed by atoms with Crippen molar-refractivity contribution in [2.75, 3.05) is 18.6 Å². The predicted octanol–water partition coefficient (Wildman–Crippen LogP) is 1.53. The number of hydrogen-bond acceptors (Lipinski definition) is 4. The van der Waals surface area contributed by atoms with Crippen LogP contribution in [0.5, 0.6) is 0 Å². The molecule has 0 fully saturated rings. The van der Waals surface area contributed by atoms with Gasteiger partial charge in [-0.05, 0) is 24.1 Å². The molecule has 5 nitrogen and oxygen atoms in total. The highest BCUT2D eigenvalue weighted by Gasteiger charge is 2.43. The highest BCUT2D eigenvalue weighted by Crippen LogP contribution is 2.43. The number of anilines is 1. The maximum atomic E-state index is 11.9. The van der Waals surface area contributed by atoms with E-state index < -0.39 is 17.6 Å². The number of ether oxygens (including phenoxy) is 1. The molecule has 2 aliphatic heterocycles. The molecule has 0 radical (unpaired) electrons. The lowest BCUT2D eigenvalue weighted by atomic mass is 9.89. The molecule has 0 bridgehead atoms. The van der Waals surface area contributed by atoms with E-state index in [1.807, 2.05) is 0 Å². The lowest BCUT2D eigenvalue weighted by molar-refractivity contribution is -0.142. The fraction of sp³-hybridized carbons (Fsp3) is 0.308. The van der Waals surface area contributed by atoms with E-state index in [9.17, 15) is 14.4 Å². The summed E-state index contributed by atoms with van der Waals surface area (Å²) in [5.74, 6) is -1.98. The highest BCUT2D eigenvalue weighted by atomic mass is 35.5. The molecule has 3 rings (SSSR count). The molecule has 0 saturated heterocycles. The van der Waals surface area contributed by atoms with Crippen LogP contribution in [0.2, 0.25) is 5.02 Å². The van der Waals surface area contributed by atoms with Crippen LogP contribution >= 0.6 is 11.6 Å². The van der Waals surface area contributed by atoms with Gasteiger partial charge >= 0.3 is 5.97 Å². The highest BCUT2D eigenvalue weighted by molar-refractivity contribution is 6.53. The SMILES string of the molecule is COC(=O)C1CCN2C(=O)C(=O)c3cc(Cl)cc1c32. The summed E-state index contributed by atoms with van der Waals surface area (Å²) in [6.07, 6.45) is 0.429. The first-order valence-electron chi connectivity index (χ1n) is 5.82. The summed E-state index contributed by atoms with van der Waals surface area (Å²) in [5.41, 5.74) is 1.39. The lowest BCUT2D eigenvalue weighted by Crippen LogP contribution is -2.36. The molecular weight excluding hydrogens is 270 g/mol. The van der Waals surface area contributed by atoms with Gasteiger partial charge in [-0.25, -0.2) is 0 Å². The minimum Gasteiger partial charge on any atom is -0.469 e. The normalized spacial score (nSPS) is 20.5. The molecule has 19 heavy (non-hydrogen) atoms. The summed E-state index contributed by atoms with van der Waals surface area (Å²) >= 11 is 5.97. The molecule has 0 aliphatic carbocycles. The minimum atomic E-state index is -0.565. The van der Waals surface area contributed by atoms with Gasteiger partial charge < -0.3 is 9.64 Å². The third kappa shape index (κ3) is 1.58. The second-order valence-corrected chi connectivity index (χ2v) is 4.98. The van der Waals surface area contributed by atoms with Crippen LogP contribution in [0.25, 0.3) is 0 Å². The standard InChI is InChI=1S/C13H10ClNO4/c1-19-13(18)7-2-3-15-10-8(7)4-6(14)5-9(10)11(16)12(15)17/h4-5,7H,2-3H2,1H3. The first-order valence-corrected chi connectivity index (χ1v) is 6.20. The maximum Gasteiger partial charge on any atom is 0.313 e. The fourth-order valence-corrected chi connectivity index (χ4v) is 2.94. The van der Waals surface area contributed by atoms with Gasteiger partial charge in [0, 0.05) is 11.6 Å². The van der Waals surface area contributed by atoms with Crippen molar-refractivity contribution in [3.05, 3.63) is 28.3 Å². The second kappa shape index (κ2) is 4.06. The average Bonchev–Trinajstić information content (AvgIpc) is 2.64. The predicted molar refractivity (Wildman–Crippen MR) is 67.5 cm³/mol. The Hall–Kier alpha value is -1.88. The Bertz CT molecular complexity index is 625. The Morgan fingerprint density at radius 3 is 2.84 bits per heavy atom. The molecule has 1 unspecified atom stereocenters. The van der Waals surface area contributed by atoms with Gasteiger partial charge in [-0.2, -0.15) is 0 Å². The van der Waals surface area contributed by atoms with Crippen LogP contribution < -0.4 is 4.90 Å². The molecule has 1 atom stereocenters. The van der Waals surface area contributed by atoms with Gasteiger partial charge in [0.15, 0.2) is 0 Å². The van der Waals surface area contributed by atoms with E-state index >= 15 is 0 Å². The van der Waals surface area contributed by atoms with E-state index in [0.717, 1.165) is 0 Å². The summed E-state index contributed by atoms with van der Waals surface area (Å²) < 4.78 is 4.77. The van der Waals surface area contributed by atoms with Crippen molar-refractivity contribution >= 4 is 34.9 Å². The first-order chi connectivity index (χ1) is 9.04. The molecule has 2 aliphatic rings. The first kappa shape index (κ1) is 12.2. The molecule has 0 aromatic heterocycles. The average molecular weight is 280 g/mol. The van der Waals surface area contributed by atoms with Crippen LogP contribution in [0.1, 0.15) is 28.3 Å². The van der Waals surface area contributed by atoms with Crippen molar-refractivity contribution in [3.63, 3.8) is 0 Å². The van der Waals surface area contributed by atoms with Crippen molar-refractivity contribution in [3.8, 4) is 0 Å². The number of rotatable bonds is 1. The summed E-state index contributed by atoms with van der Waals surface area (Å²) in [4.78, 5) is 36.9. The monoisotopic (exact) mass is 279 g/mol. The van der Waals surface area contributed by atoms with Crippen molar-refractivity contribution in [2.45, 2.75) is 12.3 Å². The smallest absolute Gasteiger partial charge is 0.313 e. The van der Waals surface area contributed by atoms with Crippen LogP contribution in [0.3, 0.4) is 0 Å². The molecule has 1 aromatic rings. The second-order valence-electron chi connectivity index (χ2n) is 4.54. The van der Waals surface area contributed by atoms with Crippen LogP contribution in [0.4, 0.5) is 5.69 Å². The zero-order chi connectivity index (χ0) is 13.7. The number of hydrogen-bond donors (Lipinski definition) is 0. The summed E-state index contributed by atoms with van der Waals surface area (Å²) in [6, 6.07) is 3.10. The molecule has 1 aromatic carbocycles. The van der Waals surface area contributed by atoms with Gasteiger partial charge in [-0.3, -0.25) is 14.4 Å². The van der Waals surface area contributed by atoms with Gasteiger partial charge in [-0.1, -0.05) is 11.6 Å². The van der Waals surface area contributed by atoms with Gasteiger partial charge in [0.05, 0.1) is 24.3 Å². The van der Waals surface area contributed by atoms with Gasteiger partial charge in [-0.15, -0.1) is 0 Å². The number of Topliss-reactive ketones (excluding diaryl/α,β-unsaturated/α-hetero) is 1. The third-order valence-corrected chi connectivity index (χ3v) is 3.78. The largest absolute Gasteiger partial charge is 0.469 e. The zero-order valence-corrected chi connectivity index (χ0v) is 10.9. The molecule has 98 valence electrons. The quantitative estimate of drug-likeness (QED) is 0.578. The molecule has 1 amide bonds. The van der Waals surface area contributed by atoms with E-state index in [2.05, 4.69) is 0 Å². The topological polar surface area (TPSA) is 63.7 Å². The summed E-state index contributed by atoms with van der Waals surface area (Å²) in [7, 11) is 1.32. The Balaban J connectivity index is 2.23. The van der Waals surface area contributed by atoms with Crippen molar-refractivity contribution < 1.29 is 19.1 Å². The molecule has 6 heteroatoms. The Morgan fingerprint density at radius 2 is 2.16 bits per heavy atom. The number of ketones is 1. The van der Waals surface area contributed by atoms with Gasteiger partial charge in [0.1, 0.15) is 0 Å². The molecule has 0 saturated carbocycles. The van der Waals surface area contributed by atoms with E-state index in [1.165, 1.54) is 18.1 Å². The van der Waals surface area contributed by atoms with Crippen LogP contribution in [0, 0.1) is 0 Å². The number of amides is 1. The van der Waals surface area contributed by atoms with Gasteiger partial charge in [0.25, 0.3) is 11.7 Å². The third-order valence-electron chi connectivity index (χ3n) is 3.56. The Labute approximate surface area is 114 Å². The molecule has 2 heterocycles. The summed E-state index contributed by atoms with van der Waals surface area (Å²) in [6.45, 7) is 0.339. The Kier molecular flexibility index (Phi) is 2.60. The molecule has 0 spiro atoms. The maximum absolute atomic E-state index is 11.9. The summed E-state index contributed by atoms with van der Waals surface area (Å²) in [5, 5.41) is 0.340. The number of halogens is 1. The Morgan fingerprint density at radius 1 is 1.42 bits per heavy atom. The minimum absolute atomic E-state index is 0.279. The van der Waals surface area contributed by atoms with Crippen LogP contribution in [0.15, 0.2) is 12.1 Å². The lowest BCUT2D eigenvalue weighted by Gasteiger charge is -2.29. The van der Waals surface area contributed by atoms with Crippen molar-refractivity contribution in [2.24, 2.45) is 0 Å². The van der Waals surface area contributed by atoms with Gasteiger partial charge in [0.2, 0.25) is 0 Å².